The molecule has 0 aliphatic heterocycles. The Labute approximate surface area is 163 Å². The molecule has 6 nitrogen and oxygen atoms in total. The van der Waals surface area contributed by atoms with Crippen LogP contribution >= 0.6 is 11.8 Å². The first kappa shape index (κ1) is 19.2. The summed E-state index contributed by atoms with van der Waals surface area (Å²) >= 11 is 1.42. The summed E-state index contributed by atoms with van der Waals surface area (Å²) < 4.78 is 7.29. The van der Waals surface area contributed by atoms with Gasteiger partial charge in [0.05, 0.1) is 23.6 Å². The molecule has 27 heavy (non-hydrogen) atoms. The lowest BCUT2D eigenvalue weighted by molar-refractivity contribution is -0.119. The first-order valence-corrected chi connectivity index (χ1v) is 10.1. The van der Waals surface area contributed by atoms with Crippen LogP contribution in [0.2, 0.25) is 0 Å². The van der Waals surface area contributed by atoms with Crippen LogP contribution in [0.5, 0.6) is 5.75 Å². The molecular weight excluding hydrogens is 360 g/mol. The fourth-order valence-corrected chi connectivity index (χ4v) is 3.38. The Bertz CT molecular complexity index is 908. The van der Waals surface area contributed by atoms with Gasteiger partial charge in [-0.25, -0.2) is 9.50 Å². The van der Waals surface area contributed by atoms with E-state index in [9.17, 15) is 4.79 Å². The largest absolute Gasteiger partial charge is 0.494 e. The van der Waals surface area contributed by atoms with Crippen molar-refractivity contribution in [2.24, 2.45) is 0 Å². The molecule has 2 heterocycles. The van der Waals surface area contributed by atoms with E-state index in [0.29, 0.717) is 12.4 Å². The zero-order valence-corrected chi connectivity index (χ0v) is 16.6. The Morgan fingerprint density at radius 3 is 2.78 bits per heavy atom. The summed E-state index contributed by atoms with van der Waals surface area (Å²) in [6.45, 7) is 6.66. The van der Waals surface area contributed by atoms with Crippen LogP contribution in [0.3, 0.4) is 0 Å². The van der Waals surface area contributed by atoms with E-state index in [1.165, 1.54) is 11.8 Å². The average Bonchev–Trinajstić information content (AvgIpc) is 3.12. The number of thioether (sulfide) groups is 1. The Morgan fingerprint density at radius 2 is 2.07 bits per heavy atom. The van der Waals surface area contributed by atoms with Gasteiger partial charge in [0, 0.05) is 24.0 Å². The summed E-state index contributed by atoms with van der Waals surface area (Å²) in [5, 5.41) is 8.40. The maximum absolute atomic E-state index is 12.0. The monoisotopic (exact) mass is 384 g/mol. The van der Waals surface area contributed by atoms with Gasteiger partial charge in [0.15, 0.2) is 0 Å². The molecule has 0 fully saturated rings. The maximum atomic E-state index is 12.0. The van der Waals surface area contributed by atoms with Crippen LogP contribution in [0, 0.1) is 0 Å². The molecule has 0 saturated heterocycles. The smallest absolute Gasteiger partial charge is 0.230 e. The van der Waals surface area contributed by atoms with Gasteiger partial charge >= 0.3 is 0 Å². The van der Waals surface area contributed by atoms with Crippen molar-refractivity contribution in [3.63, 3.8) is 0 Å². The van der Waals surface area contributed by atoms with Gasteiger partial charge in [0.2, 0.25) is 5.91 Å². The van der Waals surface area contributed by atoms with Crippen molar-refractivity contribution in [3.8, 4) is 17.0 Å². The maximum Gasteiger partial charge on any atom is 0.230 e. The van der Waals surface area contributed by atoms with Crippen molar-refractivity contribution in [2.45, 2.75) is 38.3 Å². The second-order valence-corrected chi connectivity index (χ2v) is 7.18. The molecule has 7 heteroatoms. The van der Waals surface area contributed by atoms with Crippen LogP contribution in [0.15, 0.2) is 47.8 Å². The summed E-state index contributed by atoms with van der Waals surface area (Å²) in [5.74, 6) is 1.19. The molecule has 1 atom stereocenters. The van der Waals surface area contributed by atoms with Crippen molar-refractivity contribution in [3.05, 3.63) is 42.7 Å². The topological polar surface area (TPSA) is 68.5 Å². The highest BCUT2D eigenvalue weighted by atomic mass is 32.2. The van der Waals surface area contributed by atoms with Gasteiger partial charge < -0.3 is 10.1 Å². The van der Waals surface area contributed by atoms with Crippen LogP contribution < -0.4 is 10.1 Å². The summed E-state index contributed by atoms with van der Waals surface area (Å²) in [4.78, 5) is 16.5. The molecule has 0 saturated carbocycles. The zero-order valence-electron chi connectivity index (χ0n) is 15.8. The van der Waals surface area contributed by atoms with Gasteiger partial charge in [0.25, 0.3) is 0 Å². The third-order valence-electron chi connectivity index (χ3n) is 4.18. The SMILES string of the molecule is CCOc1ccc(-c2cc3c(SCC(=O)N[C@@H](C)CC)nccn3n2)cc1. The Balaban J connectivity index is 1.77. The normalized spacial score (nSPS) is 12.1. The van der Waals surface area contributed by atoms with E-state index in [1.807, 2.05) is 50.4 Å². The van der Waals surface area contributed by atoms with Crippen LogP contribution in [0.25, 0.3) is 16.8 Å². The van der Waals surface area contributed by atoms with Crippen molar-refractivity contribution in [2.75, 3.05) is 12.4 Å². The van der Waals surface area contributed by atoms with E-state index in [4.69, 9.17) is 4.74 Å². The average molecular weight is 385 g/mol. The Morgan fingerprint density at radius 1 is 1.30 bits per heavy atom. The number of hydrogen-bond donors (Lipinski definition) is 1. The minimum absolute atomic E-state index is 0.0180. The Hall–Kier alpha value is -2.54. The summed E-state index contributed by atoms with van der Waals surface area (Å²) in [7, 11) is 0. The van der Waals surface area contributed by atoms with E-state index >= 15 is 0 Å². The molecule has 0 aliphatic rings. The second kappa shape index (κ2) is 8.90. The van der Waals surface area contributed by atoms with Gasteiger partial charge in [0.1, 0.15) is 10.8 Å². The van der Waals surface area contributed by atoms with E-state index in [2.05, 4.69) is 22.3 Å². The van der Waals surface area contributed by atoms with Gasteiger partial charge in [-0.1, -0.05) is 18.7 Å². The predicted octanol–water partition coefficient (Wildman–Crippen LogP) is 3.80. The fraction of sp³-hybridized carbons (Fsp3) is 0.350. The number of fused-ring (bicyclic) bond motifs is 1. The van der Waals surface area contributed by atoms with Gasteiger partial charge in [-0.15, -0.1) is 0 Å². The van der Waals surface area contributed by atoms with Crippen molar-refractivity contribution >= 4 is 23.2 Å². The van der Waals surface area contributed by atoms with Crippen LogP contribution in [0.4, 0.5) is 0 Å². The van der Waals surface area contributed by atoms with Crippen molar-refractivity contribution in [1.82, 2.24) is 19.9 Å². The van der Waals surface area contributed by atoms with Gasteiger partial charge in [-0.3, -0.25) is 4.79 Å². The number of carbonyl (C=O) groups excluding carboxylic acids is 1. The minimum atomic E-state index is 0.0180. The Kier molecular flexibility index (Phi) is 6.34. The van der Waals surface area contributed by atoms with Crippen LogP contribution in [0.1, 0.15) is 27.2 Å². The first-order valence-electron chi connectivity index (χ1n) is 9.10. The highest BCUT2D eigenvalue weighted by Gasteiger charge is 2.12. The second-order valence-electron chi connectivity index (χ2n) is 6.21. The van der Waals surface area contributed by atoms with Gasteiger partial charge in [-0.2, -0.15) is 5.10 Å². The molecule has 0 aliphatic carbocycles. The van der Waals surface area contributed by atoms with Crippen molar-refractivity contribution < 1.29 is 9.53 Å². The number of hydrogen-bond acceptors (Lipinski definition) is 5. The lowest BCUT2D eigenvalue weighted by atomic mass is 10.1. The highest BCUT2D eigenvalue weighted by molar-refractivity contribution is 8.00. The highest BCUT2D eigenvalue weighted by Crippen LogP contribution is 2.27. The molecule has 3 aromatic rings. The number of aromatic nitrogens is 3. The van der Waals surface area contributed by atoms with E-state index < -0.39 is 0 Å². The summed E-state index contributed by atoms with van der Waals surface area (Å²) in [6, 6.07) is 10.0. The van der Waals surface area contributed by atoms with Crippen LogP contribution in [-0.2, 0) is 4.79 Å². The number of rotatable bonds is 8. The molecule has 0 unspecified atom stereocenters. The third-order valence-corrected chi connectivity index (χ3v) is 5.17. The van der Waals surface area contributed by atoms with E-state index in [-0.39, 0.29) is 11.9 Å². The summed E-state index contributed by atoms with van der Waals surface area (Å²) in [5.41, 5.74) is 2.76. The number of ether oxygens (including phenoxy) is 1. The van der Waals surface area contributed by atoms with Crippen molar-refractivity contribution in [1.29, 1.82) is 0 Å². The molecule has 2 aromatic heterocycles. The molecule has 3 rings (SSSR count). The molecule has 1 N–H and O–H groups in total. The first-order chi connectivity index (χ1) is 13.1. The van der Waals surface area contributed by atoms with E-state index in [0.717, 1.165) is 34.0 Å². The van der Waals surface area contributed by atoms with E-state index in [1.54, 1.807) is 10.7 Å². The number of nitrogens with one attached hydrogen (secondary N) is 1. The van der Waals surface area contributed by atoms with Crippen LogP contribution in [-0.4, -0.2) is 38.9 Å². The standard InChI is InChI=1S/C20H24N4O2S/c1-4-14(3)22-19(25)13-27-20-18-12-17(23-24(18)11-10-21-20)15-6-8-16(9-7-15)26-5-2/h6-12,14H,4-5,13H2,1-3H3,(H,22,25)/t14-/m0/s1. The molecule has 1 amide bonds. The number of carbonyl (C=O) groups is 1. The summed E-state index contributed by atoms with van der Waals surface area (Å²) in [6.07, 6.45) is 4.44. The van der Waals surface area contributed by atoms with Gasteiger partial charge in [-0.05, 0) is 50.6 Å². The molecule has 0 spiro atoms. The fourth-order valence-electron chi connectivity index (χ4n) is 2.59. The molecular formula is C20H24N4O2S. The number of amides is 1. The molecule has 142 valence electrons. The third kappa shape index (κ3) is 4.80. The zero-order chi connectivity index (χ0) is 19.2. The number of nitrogens with zero attached hydrogens (tertiary/aromatic N) is 3. The lowest BCUT2D eigenvalue weighted by Crippen LogP contribution is -2.33. The molecule has 0 radical (unpaired) electrons. The molecule has 1 aromatic carbocycles. The lowest BCUT2D eigenvalue weighted by Gasteiger charge is -2.10. The number of benzene rings is 1. The molecule has 0 bridgehead atoms. The minimum Gasteiger partial charge on any atom is -0.494 e. The predicted molar refractivity (Wildman–Crippen MR) is 108 cm³/mol. The quantitative estimate of drug-likeness (QED) is 0.598.